The first-order chi connectivity index (χ1) is 5.86. The van der Waals surface area contributed by atoms with Crippen LogP contribution < -0.4 is 0 Å². The zero-order valence-corrected chi connectivity index (χ0v) is 7.52. The molecule has 0 fully saturated rings. The molecule has 2 heterocycles. The van der Waals surface area contributed by atoms with Crippen molar-refractivity contribution in [3.63, 3.8) is 0 Å². The molecule has 0 saturated carbocycles. The molecule has 60 valence electrons. The monoisotopic (exact) mass is 196 g/mol. The van der Waals surface area contributed by atoms with Crippen molar-refractivity contribution in [2.75, 3.05) is 0 Å². The van der Waals surface area contributed by atoms with Crippen LogP contribution in [0.2, 0.25) is 0 Å². The maximum absolute atomic E-state index is 4.87. The summed E-state index contributed by atoms with van der Waals surface area (Å²) in [4.78, 5) is 4.09. The average Bonchev–Trinajstić information content (AvgIpc) is 2.54. The number of nitrogens with one attached hydrogen (secondary N) is 1. The topological polar surface area (TPSA) is 54.5 Å². The second-order valence-electron chi connectivity index (χ2n) is 2.06. The lowest BCUT2D eigenvalue weighted by atomic mass is 10.3. The van der Waals surface area contributed by atoms with Gasteiger partial charge in [-0.1, -0.05) is 0 Å². The van der Waals surface area contributed by atoms with Gasteiger partial charge in [0.05, 0.1) is 12.4 Å². The molecule has 12 heavy (non-hydrogen) atoms. The summed E-state index contributed by atoms with van der Waals surface area (Å²) in [6.07, 6.45) is 3.26. The van der Waals surface area contributed by atoms with Crippen molar-refractivity contribution in [3.05, 3.63) is 22.4 Å². The van der Waals surface area contributed by atoms with Gasteiger partial charge in [-0.15, -0.1) is 0 Å². The normalized spacial score (nSPS) is 10.0. The van der Waals surface area contributed by atoms with Crippen LogP contribution in [-0.2, 0) is 0 Å². The summed E-state index contributed by atoms with van der Waals surface area (Å²) in [6.45, 7) is 0. The third-order valence-corrected chi connectivity index (χ3v) is 2.20. The average molecular weight is 196 g/mol. The fraction of sp³-hybridized carbons (Fsp3) is 0. The van der Waals surface area contributed by atoms with E-state index in [-0.39, 0.29) is 0 Å². The van der Waals surface area contributed by atoms with Gasteiger partial charge in [-0.3, -0.25) is 4.37 Å². The smallest absolute Gasteiger partial charge is 0.198 e. The van der Waals surface area contributed by atoms with Crippen molar-refractivity contribution in [2.45, 2.75) is 0 Å². The molecule has 2 rings (SSSR count). The molecule has 6 heteroatoms. The molecule has 0 aliphatic rings. The van der Waals surface area contributed by atoms with Crippen LogP contribution in [0.3, 0.4) is 0 Å². The number of rotatable bonds is 1. The van der Waals surface area contributed by atoms with E-state index in [1.807, 2.05) is 6.07 Å². The quantitative estimate of drug-likeness (QED) is 0.705. The molecular weight excluding hydrogens is 192 g/mol. The van der Waals surface area contributed by atoms with Crippen molar-refractivity contribution >= 4 is 23.8 Å². The van der Waals surface area contributed by atoms with Gasteiger partial charge in [0, 0.05) is 5.56 Å². The zero-order chi connectivity index (χ0) is 8.39. The first-order valence-electron chi connectivity index (χ1n) is 3.19. The maximum atomic E-state index is 4.87. The Bertz CT molecular complexity index is 418. The largest absolute Gasteiger partial charge is 0.292 e. The van der Waals surface area contributed by atoms with E-state index in [9.17, 15) is 0 Å². The Kier molecular flexibility index (Phi) is 1.92. The highest BCUT2D eigenvalue weighted by Crippen LogP contribution is 2.13. The molecule has 0 aliphatic carbocycles. The Balaban J connectivity index is 2.51. The number of hydrogen-bond donors (Lipinski definition) is 1. The summed E-state index contributed by atoms with van der Waals surface area (Å²) in [7, 11) is 0. The second kappa shape index (κ2) is 3.08. The van der Waals surface area contributed by atoms with Crippen LogP contribution in [0.4, 0.5) is 0 Å². The van der Waals surface area contributed by atoms with Crippen molar-refractivity contribution < 1.29 is 0 Å². The van der Waals surface area contributed by atoms with Gasteiger partial charge in [0.15, 0.2) is 9.78 Å². The number of aromatic amines is 1. The Labute approximate surface area is 77.5 Å². The number of nitrogens with zero attached hydrogens (tertiary/aromatic N) is 3. The van der Waals surface area contributed by atoms with Gasteiger partial charge in [0.2, 0.25) is 0 Å². The second-order valence-corrected chi connectivity index (χ2v) is 3.50. The lowest BCUT2D eigenvalue weighted by Gasteiger charge is -1.90. The van der Waals surface area contributed by atoms with Crippen LogP contribution >= 0.6 is 23.8 Å². The number of hydrogen-bond acceptors (Lipinski definition) is 5. The molecule has 0 saturated heterocycles. The van der Waals surface area contributed by atoms with Crippen molar-refractivity contribution in [1.29, 1.82) is 0 Å². The predicted octanol–water partition coefficient (Wildman–Crippen LogP) is 1.66. The molecule has 0 aromatic carbocycles. The summed E-state index contributed by atoms with van der Waals surface area (Å²) in [5.74, 6) is 0.750. The Morgan fingerprint density at radius 3 is 2.92 bits per heavy atom. The number of H-pyrrole nitrogens is 1. The van der Waals surface area contributed by atoms with Crippen LogP contribution in [0.15, 0.2) is 18.5 Å². The molecule has 4 nitrogen and oxygen atoms in total. The van der Waals surface area contributed by atoms with E-state index in [4.69, 9.17) is 12.2 Å². The highest BCUT2D eigenvalue weighted by Gasteiger charge is 1.99. The minimum Gasteiger partial charge on any atom is -0.292 e. The molecular formula is C6H4N4S2. The van der Waals surface area contributed by atoms with Crippen molar-refractivity contribution in [1.82, 2.24) is 19.6 Å². The Hall–Kier alpha value is -1.14. The minimum absolute atomic E-state index is 0.599. The molecule has 2 aromatic heterocycles. The van der Waals surface area contributed by atoms with Crippen LogP contribution in [0, 0.1) is 3.95 Å². The third kappa shape index (κ3) is 1.39. The summed E-state index contributed by atoms with van der Waals surface area (Å²) in [5, 5.41) is 7.39. The van der Waals surface area contributed by atoms with Gasteiger partial charge in [-0.2, -0.15) is 10.2 Å². The fourth-order valence-electron chi connectivity index (χ4n) is 0.783. The molecule has 2 aromatic rings. The van der Waals surface area contributed by atoms with Crippen LogP contribution in [0.1, 0.15) is 0 Å². The van der Waals surface area contributed by atoms with Crippen LogP contribution in [0.5, 0.6) is 0 Å². The van der Waals surface area contributed by atoms with Gasteiger partial charge in [0.25, 0.3) is 0 Å². The van der Waals surface area contributed by atoms with Crippen LogP contribution in [0.25, 0.3) is 11.4 Å². The zero-order valence-electron chi connectivity index (χ0n) is 5.89. The molecule has 0 bridgehead atoms. The van der Waals surface area contributed by atoms with Crippen molar-refractivity contribution in [3.8, 4) is 11.4 Å². The summed E-state index contributed by atoms with van der Waals surface area (Å²) in [6, 6.07) is 1.83. The first kappa shape index (κ1) is 7.51. The van der Waals surface area contributed by atoms with E-state index in [2.05, 4.69) is 19.6 Å². The molecule has 0 radical (unpaired) electrons. The first-order valence-corrected chi connectivity index (χ1v) is 4.41. The highest BCUT2D eigenvalue weighted by atomic mass is 32.2. The molecule has 0 spiro atoms. The summed E-state index contributed by atoms with van der Waals surface area (Å²) in [5.41, 5.74) is 0.900. The van der Waals surface area contributed by atoms with E-state index in [0.29, 0.717) is 3.95 Å². The standard InChI is InChI=1S/C6H4N4S2/c11-6-9-5(10-12-6)4-1-2-7-8-3-4/h1-3H,(H,9,10,11). The molecule has 0 atom stereocenters. The highest BCUT2D eigenvalue weighted by molar-refractivity contribution is 7.73. The van der Waals surface area contributed by atoms with Crippen LogP contribution in [-0.4, -0.2) is 19.6 Å². The van der Waals surface area contributed by atoms with Gasteiger partial charge in [0.1, 0.15) is 0 Å². The lowest BCUT2D eigenvalue weighted by Crippen LogP contribution is -1.83. The Morgan fingerprint density at radius 1 is 1.42 bits per heavy atom. The van der Waals surface area contributed by atoms with Crippen molar-refractivity contribution in [2.24, 2.45) is 0 Å². The van der Waals surface area contributed by atoms with E-state index in [0.717, 1.165) is 11.4 Å². The summed E-state index contributed by atoms with van der Waals surface area (Å²) >= 11 is 6.20. The van der Waals surface area contributed by atoms with E-state index >= 15 is 0 Å². The maximum Gasteiger partial charge on any atom is 0.198 e. The van der Waals surface area contributed by atoms with Gasteiger partial charge in [-0.25, -0.2) is 4.98 Å². The lowest BCUT2D eigenvalue weighted by molar-refractivity contribution is 1.03. The number of aromatic nitrogens is 4. The predicted molar refractivity (Wildman–Crippen MR) is 48.3 cm³/mol. The van der Waals surface area contributed by atoms with Gasteiger partial charge < -0.3 is 0 Å². The molecule has 0 unspecified atom stereocenters. The van der Waals surface area contributed by atoms with E-state index in [1.165, 1.54) is 11.5 Å². The van der Waals surface area contributed by atoms with Gasteiger partial charge >= 0.3 is 0 Å². The Morgan fingerprint density at radius 2 is 2.33 bits per heavy atom. The minimum atomic E-state index is 0.599. The summed E-state index contributed by atoms with van der Waals surface area (Å²) < 4.78 is 3.58. The fourth-order valence-corrected chi connectivity index (χ4v) is 1.48. The SMILES string of the molecule is S=c1nc(-c2ccnnc2)[nH]s1. The van der Waals surface area contributed by atoms with E-state index < -0.39 is 0 Å². The molecule has 1 N–H and O–H groups in total. The molecule has 0 aliphatic heterocycles. The van der Waals surface area contributed by atoms with Gasteiger partial charge in [-0.05, 0) is 29.8 Å². The third-order valence-electron chi connectivity index (χ3n) is 1.30. The van der Waals surface area contributed by atoms with E-state index in [1.54, 1.807) is 12.4 Å². The molecule has 0 amide bonds.